The van der Waals surface area contributed by atoms with Crippen molar-refractivity contribution in [3.8, 4) is 0 Å². The fourth-order valence-electron chi connectivity index (χ4n) is 8.88. The molecule has 6 unspecified atom stereocenters. The fourth-order valence-corrected chi connectivity index (χ4v) is 8.88. The van der Waals surface area contributed by atoms with Crippen LogP contribution in [0.25, 0.3) is 0 Å². The van der Waals surface area contributed by atoms with Gasteiger partial charge in [-0.1, -0.05) is 216 Å². The topological polar surface area (TPSA) is 175 Å². The number of aliphatic hydroxyl groups excluding tert-OH is 2. The maximum atomic E-state index is 13.1. The molecular weight excluding hydrogens is 949 g/mol. The van der Waals surface area contributed by atoms with E-state index in [0.717, 1.165) is 116 Å². The quantitative estimate of drug-likeness (QED) is 0.0228. The molecule has 0 aliphatic carbocycles. The summed E-state index contributed by atoms with van der Waals surface area (Å²) >= 11 is 0. The summed E-state index contributed by atoms with van der Waals surface area (Å²) in [4.78, 5) is 51.1. The van der Waals surface area contributed by atoms with Gasteiger partial charge in [-0.3, -0.25) is 14.4 Å². The van der Waals surface area contributed by atoms with Crippen LogP contribution in [0.1, 0.15) is 265 Å². The lowest BCUT2D eigenvalue weighted by Gasteiger charge is -2.40. The van der Waals surface area contributed by atoms with Gasteiger partial charge >= 0.3 is 23.9 Å². The van der Waals surface area contributed by atoms with E-state index in [4.69, 9.17) is 23.7 Å². The lowest BCUT2D eigenvalue weighted by atomic mass is 9.98. The molecule has 0 aromatic carbocycles. The number of rotatable bonds is 51. The van der Waals surface area contributed by atoms with Crippen molar-refractivity contribution in [3.63, 3.8) is 0 Å². The first-order valence-electron chi connectivity index (χ1n) is 30.3. The van der Waals surface area contributed by atoms with Gasteiger partial charge in [-0.2, -0.15) is 0 Å². The van der Waals surface area contributed by atoms with Gasteiger partial charge in [-0.05, 0) is 89.9 Å². The molecule has 75 heavy (non-hydrogen) atoms. The highest BCUT2D eigenvalue weighted by Gasteiger charge is 2.50. The van der Waals surface area contributed by atoms with Crippen molar-refractivity contribution < 1.29 is 58.2 Å². The van der Waals surface area contributed by atoms with Gasteiger partial charge in [0, 0.05) is 19.3 Å². The minimum absolute atomic E-state index is 0.0436. The van der Waals surface area contributed by atoms with Crippen LogP contribution in [-0.2, 0) is 42.9 Å². The number of carboxylic acid groups (broad SMARTS) is 1. The van der Waals surface area contributed by atoms with Gasteiger partial charge in [-0.15, -0.1) is 0 Å². The highest BCUT2D eigenvalue weighted by Crippen LogP contribution is 2.26. The van der Waals surface area contributed by atoms with E-state index in [1.54, 1.807) is 0 Å². The second-order valence-electron chi connectivity index (χ2n) is 20.6. The molecular formula is C63H108O12. The molecule has 0 aromatic rings. The molecule has 1 aliphatic rings. The number of carboxylic acids is 1. The Hall–Kier alpha value is -3.58. The fraction of sp³-hybridized carbons (Fsp3) is 0.778. The average molecular weight is 1060 g/mol. The zero-order valence-electron chi connectivity index (χ0n) is 47.5. The van der Waals surface area contributed by atoms with E-state index < -0.39 is 67.3 Å². The van der Waals surface area contributed by atoms with Crippen LogP contribution in [0.3, 0.4) is 0 Å². The Morgan fingerprint density at radius 3 is 1.24 bits per heavy atom. The molecule has 0 spiro atoms. The Bertz CT molecular complexity index is 1540. The number of aliphatic carboxylic acids is 1. The van der Waals surface area contributed by atoms with Crippen LogP contribution in [0.4, 0.5) is 0 Å². The zero-order chi connectivity index (χ0) is 54.7. The van der Waals surface area contributed by atoms with Gasteiger partial charge in [0.15, 0.2) is 24.6 Å². The van der Waals surface area contributed by atoms with Gasteiger partial charge in [0.05, 0.1) is 6.61 Å². The van der Waals surface area contributed by atoms with Gasteiger partial charge in [0.1, 0.15) is 18.8 Å². The first-order valence-corrected chi connectivity index (χ1v) is 30.3. The van der Waals surface area contributed by atoms with Crippen LogP contribution < -0.4 is 0 Å². The van der Waals surface area contributed by atoms with Crippen LogP contribution in [0.2, 0.25) is 0 Å². The molecule has 12 heteroatoms. The number of aliphatic hydroxyl groups is 2. The second-order valence-corrected chi connectivity index (χ2v) is 20.6. The molecule has 1 aliphatic heterocycles. The molecule has 6 atom stereocenters. The van der Waals surface area contributed by atoms with E-state index in [0.29, 0.717) is 19.3 Å². The monoisotopic (exact) mass is 1060 g/mol. The van der Waals surface area contributed by atoms with Crippen molar-refractivity contribution in [2.24, 2.45) is 0 Å². The number of allylic oxidation sites excluding steroid dienone is 10. The Kier molecular flexibility index (Phi) is 47.4. The summed E-state index contributed by atoms with van der Waals surface area (Å²) in [5, 5.41) is 31.5. The van der Waals surface area contributed by atoms with Gasteiger partial charge < -0.3 is 39.0 Å². The number of esters is 3. The summed E-state index contributed by atoms with van der Waals surface area (Å²) in [6.45, 7) is 5.92. The number of carbonyl (C=O) groups is 4. The molecule has 0 amide bonds. The Balaban J connectivity index is 2.67. The van der Waals surface area contributed by atoms with E-state index in [1.807, 2.05) is 0 Å². The van der Waals surface area contributed by atoms with Crippen molar-refractivity contribution in [3.05, 3.63) is 60.8 Å². The van der Waals surface area contributed by atoms with Crippen LogP contribution in [0, 0.1) is 0 Å². The lowest BCUT2D eigenvalue weighted by molar-refractivity contribution is -0.301. The van der Waals surface area contributed by atoms with E-state index in [2.05, 4.69) is 81.5 Å². The van der Waals surface area contributed by atoms with Crippen LogP contribution in [-0.4, -0.2) is 89.2 Å². The van der Waals surface area contributed by atoms with E-state index in [1.165, 1.54) is 89.9 Å². The molecule has 3 N–H and O–H groups in total. The minimum atomic E-state index is -1.91. The first kappa shape index (κ1) is 69.4. The predicted molar refractivity (Wildman–Crippen MR) is 303 cm³/mol. The molecule has 1 fully saturated rings. The van der Waals surface area contributed by atoms with Crippen LogP contribution in [0.5, 0.6) is 0 Å². The van der Waals surface area contributed by atoms with E-state index in [-0.39, 0.29) is 25.9 Å². The number of ether oxygens (including phenoxy) is 5. The largest absolute Gasteiger partial charge is 0.479 e. The molecule has 1 heterocycles. The second kappa shape index (κ2) is 51.2. The predicted octanol–water partition coefficient (Wildman–Crippen LogP) is 15.6. The Labute approximate surface area is 456 Å². The molecule has 1 saturated heterocycles. The zero-order valence-corrected chi connectivity index (χ0v) is 47.5. The van der Waals surface area contributed by atoms with Gasteiger partial charge in [0.2, 0.25) is 0 Å². The van der Waals surface area contributed by atoms with Crippen molar-refractivity contribution in [2.45, 2.75) is 302 Å². The summed E-state index contributed by atoms with van der Waals surface area (Å²) in [5.74, 6) is -3.14. The van der Waals surface area contributed by atoms with Crippen LogP contribution in [0.15, 0.2) is 60.8 Å². The molecule has 432 valence electrons. The number of carbonyl (C=O) groups excluding carboxylic acids is 3. The lowest BCUT2D eigenvalue weighted by Crippen LogP contribution is -2.61. The molecule has 1 rings (SSSR count). The standard InChI is InChI=1S/C63H108O12/c1-4-7-10-13-16-19-22-24-26-27-28-29-31-32-35-37-40-43-46-49-55(64)71-52-54(73-56(65)50-47-44-41-38-34-21-18-15-12-9-6-3)53-72-63-61(59(68)58(67)60(75-63)62(69)70)74-57(66)51-48-45-42-39-36-33-30-25-23-20-17-14-11-8-5-2/h16-17,19-20,24-26,28-30,54,58-61,63,67-68H,4-15,18,21-23,27,31-53H2,1-3H3,(H,69,70)/b19-16-,20-17-,26-24-,29-28-,30-25-. The summed E-state index contributed by atoms with van der Waals surface area (Å²) in [5.41, 5.74) is 0. The first-order chi connectivity index (χ1) is 36.6. The average Bonchev–Trinajstić information content (AvgIpc) is 3.39. The normalized spacial score (nSPS) is 18.5. The summed E-state index contributed by atoms with van der Waals surface area (Å²) in [6.07, 6.45) is 50.4. The molecule has 12 nitrogen and oxygen atoms in total. The maximum absolute atomic E-state index is 13.1. The maximum Gasteiger partial charge on any atom is 0.335 e. The minimum Gasteiger partial charge on any atom is -0.479 e. The third-order valence-electron chi connectivity index (χ3n) is 13.6. The molecule has 0 radical (unpaired) electrons. The van der Waals surface area contributed by atoms with Crippen molar-refractivity contribution in [1.29, 1.82) is 0 Å². The van der Waals surface area contributed by atoms with E-state index >= 15 is 0 Å². The summed E-state index contributed by atoms with van der Waals surface area (Å²) < 4.78 is 28.4. The highest BCUT2D eigenvalue weighted by molar-refractivity contribution is 5.74. The van der Waals surface area contributed by atoms with Gasteiger partial charge in [-0.25, -0.2) is 4.79 Å². The smallest absolute Gasteiger partial charge is 0.335 e. The third-order valence-corrected chi connectivity index (χ3v) is 13.6. The van der Waals surface area contributed by atoms with Crippen molar-refractivity contribution in [2.75, 3.05) is 13.2 Å². The number of hydrogen-bond acceptors (Lipinski definition) is 11. The third kappa shape index (κ3) is 41.2. The SMILES string of the molecule is CCCCC/C=C\C/C=C\C/C=C\CCCCCCCCC(=O)OCC(COC1OC(C(=O)O)C(O)C(O)C1OC(=O)CCCCCCC/C=C\C/C=C\CCCCC)OC(=O)CCCCCCCCCCCCC. The number of hydrogen-bond donors (Lipinski definition) is 3. The Morgan fingerprint density at radius 1 is 0.440 bits per heavy atom. The van der Waals surface area contributed by atoms with E-state index in [9.17, 15) is 34.5 Å². The van der Waals surface area contributed by atoms with Crippen molar-refractivity contribution in [1.82, 2.24) is 0 Å². The van der Waals surface area contributed by atoms with Gasteiger partial charge in [0.25, 0.3) is 0 Å². The van der Waals surface area contributed by atoms with Crippen molar-refractivity contribution >= 4 is 23.9 Å². The summed E-state index contributed by atoms with van der Waals surface area (Å²) in [6, 6.07) is 0. The molecule has 0 saturated carbocycles. The molecule has 0 bridgehead atoms. The summed E-state index contributed by atoms with van der Waals surface area (Å²) in [7, 11) is 0. The number of unbranched alkanes of at least 4 members (excludes halogenated alkanes) is 27. The van der Waals surface area contributed by atoms with Crippen LogP contribution >= 0.6 is 0 Å². The Morgan fingerprint density at radius 2 is 0.800 bits per heavy atom. The highest BCUT2D eigenvalue weighted by atomic mass is 16.7. The molecule has 0 aromatic heterocycles.